The minimum absolute atomic E-state index is 0.131. The van der Waals surface area contributed by atoms with Crippen LogP contribution in [0.15, 0.2) is 84.0 Å². The molecule has 0 aliphatic rings. The molecule has 0 atom stereocenters. The third-order valence-electron chi connectivity index (χ3n) is 3.94. The summed E-state index contributed by atoms with van der Waals surface area (Å²) in [6.45, 7) is 2.35. The molecule has 1 amide bonds. The second-order valence-electron chi connectivity index (χ2n) is 5.91. The van der Waals surface area contributed by atoms with Crippen LogP contribution in [0.2, 0.25) is 0 Å². The number of carbonyl (C=O) groups is 1. The number of amides is 1. The number of rotatable bonds is 8. The van der Waals surface area contributed by atoms with Gasteiger partial charge in [0.1, 0.15) is 11.5 Å². The monoisotopic (exact) mass is 374 g/mol. The lowest BCUT2D eigenvalue weighted by Gasteiger charge is -2.11. The number of ether oxygens (including phenoxy) is 2. The molecule has 1 N–H and O–H groups in total. The van der Waals surface area contributed by atoms with Gasteiger partial charge in [0.05, 0.1) is 12.8 Å². The van der Waals surface area contributed by atoms with Gasteiger partial charge in [-0.3, -0.25) is 4.79 Å². The predicted octanol–water partition coefficient (Wildman–Crippen LogP) is 4.28. The topological polar surface area (TPSA) is 59.9 Å². The van der Waals surface area contributed by atoms with Crippen molar-refractivity contribution >= 4 is 12.1 Å². The Balaban J connectivity index is 1.59. The molecule has 0 aliphatic carbocycles. The summed E-state index contributed by atoms with van der Waals surface area (Å²) < 4.78 is 11.2. The maximum atomic E-state index is 12.1. The zero-order valence-electron chi connectivity index (χ0n) is 15.7. The van der Waals surface area contributed by atoms with E-state index in [0.717, 1.165) is 22.4 Å². The van der Waals surface area contributed by atoms with Gasteiger partial charge in [-0.15, -0.1) is 0 Å². The largest absolute Gasteiger partial charge is 0.493 e. The number of benzene rings is 3. The molecule has 3 rings (SSSR count). The molecule has 142 valence electrons. The van der Waals surface area contributed by atoms with Crippen LogP contribution in [0.3, 0.4) is 0 Å². The van der Waals surface area contributed by atoms with Crippen LogP contribution in [0.25, 0.3) is 11.1 Å². The minimum atomic E-state index is -0.340. The molecule has 0 saturated carbocycles. The maximum absolute atomic E-state index is 12.1. The number of hydrogen-bond acceptors (Lipinski definition) is 4. The molecule has 0 aliphatic heterocycles. The SMILES string of the molecule is CCOc1ccccc1C=NNC(=O)COc1ccccc1-c1ccccc1. The van der Waals surface area contributed by atoms with Crippen molar-refractivity contribution in [3.05, 3.63) is 84.4 Å². The van der Waals surface area contributed by atoms with Gasteiger partial charge < -0.3 is 9.47 Å². The van der Waals surface area contributed by atoms with Crippen LogP contribution in [-0.2, 0) is 4.79 Å². The maximum Gasteiger partial charge on any atom is 0.277 e. The Kier molecular flexibility index (Phi) is 6.79. The lowest BCUT2D eigenvalue weighted by atomic mass is 10.1. The van der Waals surface area contributed by atoms with E-state index in [1.807, 2.05) is 85.8 Å². The van der Waals surface area contributed by atoms with Crippen LogP contribution in [0, 0.1) is 0 Å². The van der Waals surface area contributed by atoms with E-state index in [1.54, 1.807) is 6.21 Å². The van der Waals surface area contributed by atoms with E-state index in [1.165, 1.54) is 0 Å². The van der Waals surface area contributed by atoms with Crippen molar-refractivity contribution in [2.75, 3.05) is 13.2 Å². The van der Waals surface area contributed by atoms with E-state index < -0.39 is 0 Å². The third kappa shape index (κ3) is 5.20. The molecule has 5 heteroatoms. The zero-order valence-corrected chi connectivity index (χ0v) is 15.7. The first-order valence-electron chi connectivity index (χ1n) is 9.09. The molecule has 3 aromatic rings. The first-order valence-corrected chi connectivity index (χ1v) is 9.09. The fourth-order valence-electron chi connectivity index (χ4n) is 2.67. The highest BCUT2D eigenvalue weighted by Gasteiger charge is 2.08. The summed E-state index contributed by atoms with van der Waals surface area (Å²) in [5.74, 6) is 1.03. The average Bonchev–Trinajstić information content (AvgIpc) is 2.74. The summed E-state index contributed by atoms with van der Waals surface area (Å²) in [5.41, 5.74) is 5.24. The van der Waals surface area contributed by atoms with Crippen molar-refractivity contribution in [3.63, 3.8) is 0 Å². The molecule has 28 heavy (non-hydrogen) atoms. The van der Waals surface area contributed by atoms with Gasteiger partial charge in [0.15, 0.2) is 6.61 Å². The van der Waals surface area contributed by atoms with E-state index in [-0.39, 0.29) is 12.5 Å². The van der Waals surface area contributed by atoms with Gasteiger partial charge in [-0.1, -0.05) is 60.7 Å². The highest BCUT2D eigenvalue weighted by atomic mass is 16.5. The Hall–Kier alpha value is -3.60. The summed E-state index contributed by atoms with van der Waals surface area (Å²) in [7, 11) is 0. The molecule has 0 unspecified atom stereocenters. The Labute approximate surface area is 164 Å². The lowest BCUT2D eigenvalue weighted by molar-refractivity contribution is -0.123. The molecule has 0 aromatic heterocycles. The fraction of sp³-hybridized carbons (Fsp3) is 0.130. The van der Waals surface area contributed by atoms with Crippen LogP contribution in [-0.4, -0.2) is 25.3 Å². The van der Waals surface area contributed by atoms with Gasteiger partial charge in [0, 0.05) is 11.1 Å². The lowest BCUT2D eigenvalue weighted by Crippen LogP contribution is -2.24. The first kappa shape index (κ1) is 19.2. The van der Waals surface area contributed by atoms with Gasteiger partial charge in [-0.2, -0.15) is 5.10 Å². The molecule has 0 radical (unpaired) electrons. The van der Waals surface area contributed by atoms with Crippen molar-refractivity contribution in [2.24, 2.45) is 5.10 Å². The van der Waals surface area contributed by atoms with Gasteiger partial charge in [-0.25, -0.2) is 5.43 Å². The second kappa shape index (κ2) is 9.92. The molecule has 0 saturated heterocycles. The second-order valence-corrected chi connectivity index (χ2v) is 5.91. The number of para-hydroxylation sites is 2. The number of hydrazone groups is 1. The Morgan fingerprint density at radius 1 is 0.893 bits per heavy atom. The molecule has 0 fully saturated rings. The van der Waals surface area contributed by atoms with E-state index in [2.05, 4.69) is 10.5 Å². The highest BCUT2D eigenvalue weighted by Crippen LogP contribution is 2.29. The normalized spacial score (nSPS) is 10.6. The quantitative estimate of drug-likeness (QED) is 0.473. The number of carbonyl (C=O) groups excluding carboxylic acids is 1. The molecular formula is C23H22N2O3. The van der Waals surface area contributed by atoms with Gasteiger partial charge >= 0.3 is 0 Å². The van der Waals surface area contributed by atoms with Gasteiger partial charge in [0.2, 0.25) is 0 Å². The van der Waals surface area contributed by atoms with E-state index in [4.69, 9.17) is 9.47 Å². The van der Waals surface area contributed by atoms with E-state index >= 15 is 0 Å². The molecule has 0 spiro atoms. The summed E-state index contributed by atoms with van der Waals surface area (Å²) >= 11 is 0. The standard InChI is InChI=1S/C23H22N2O3/c1-2-27-21-14-8-6-12-19(21)16-24-25-23(26)17-28-22-15-9-7-13-20(22)18-10-4-3-5-11-18/h3-16H,2,17H2,1H3,(H,25,26). The van der Waals surface area contributed by atoms with Gasteiger partial charge in [0.25, 0.3) is 5.91 Å². The Bertz CT molecular complexity index is 939. The van der Waals surface area contributed by atoms with Crippen LogP contribution in [0.4, 0.5) is 0 Å². The average molecular weight is 374 g/mol. The fourth-order valence-corrected chi connectivity index (χ4v) is 2.67. The van der Waals surface area contributed by atoms with Crippen molar-refractivity contribution in [3.8, 4) is 22.6 Å². The summed E-state index contributed by atoms with van der Waals surface area (Å²) in [4.78, 5) is 12.1. The third-order valence-corrected chi connectivity index (χ3v) is 3.94. The highest BCUT2D eigenvalue weighted by molar-refractivity contribution is 5.85. The van der Waals surface area contributed by atoms with Crippen LogP contribution < -0.4 is 14.9 Å². The molecule has 0 heterocycles. The van der Waals surface area contributed by atoms with Crippen LogP contribution in [0.1, 0.15) is 12.5 Å². The summed E-state index contributed by atoms with van der Waals surface area (Å²) in [6, 6.07) is 25.0. The predicted molar refractivity (Wildman–Crippen MR) is 111 cm³/mol. The van der Waals surface area contributed by atoms with Crippen LogP contribution >= 0.6 is 0 Å². The molecular weight excluding hydrogens is 352 g/mol. The van der Waals surface area contributed by atoms with Crippen molar-refractivity contribution in [2.45, 2.75) is 6.92 Å². The van der Waals surface area contributed by atoms with Crippen molar-refractivity contribution < 1.29 is 14.3 Å². The Morgan fingerprint density at radius 3 is 2.36 bits per heavy atom. The number of hydrogen-bond donors (Lipinski definition) is 1. The number of nitrogens with zero attached hydrogens (tertiary/aromatic N) is 1. The van der Waals surface area contributed by atoms with Gasteiger partial charge in [-0.05, 0) is 30.7 Å². The van der Waals surface area contributed by atoms with E-state index in [0.29, 0.717) is 12.4 Å². The van der Waals surface area contributed by atoms with Crippen molar-refractivity contribution in [1.82, 2.24) is 5.43 Å². The van der Waals surface area contributed by atoms with Crippen LogP contribution in [0.5, 0.6) is 11.5 Å². The number of nitrogens with one attached hydrogen (secondary N) is 1. The molecule has 5 nitrogen and oxygen atoms in total. The first-order chi connectivity index (χ1) is 13.8. The summed E-state index contributed by atoms with van der Waals surface area (Å²) in [5, 5.41) is 3.99. The molecule has 3 aromatic carbocycles. The summed E-state index contributed by atoms with van der Waals surface area (Å²) in [6.07, 6.45) is 1.56. The van der Waals surface area contributed by atoms with Crippen molar-refractivity contribution in [1.29, 1.82) is 0 Å². The van der Waals surface area contributed by atoms with E-state index in [9.17, 15) is 4.79 Å². The zero-order chi connectivity index (χ0) is 19.6. The minimum Gasteiger partial charge on any atom is -0.493 e. The molecule has 0 bridgehead atoms. The Morgan fingerprint density at radius 2 is 1.57 bits per heavy atom. The smallest absolute Gasteiger partial charge is 0.277 e.